The van der Waals surface area contributed by atoms with Crippen LogP contribution in [-0.2, 0) is 13.1 Å². The first-order valence-electron chi connectivity index (χ1n) is 8.01. The van der Waals surface area contributed by atoms with Gasteiger partial charge in [-0.1, -0.05) is 0 Å². The second kappa shape index (κ2) is 6.87. The van der Waals surface area contributed by atoms with Crippen molar-refractivity contribution in [3.8, 4) is 0 Å². The van der Waals surface area contributed by atoms with Crippen LogP contribution >= 0.6 is 0 Å². The number of likely N-dealkylation sites (N-methyl/N-ethyl adjacent to an activating group) is 1. The van der Waals surface area contributed by atoms with Crippen LogP contribution in [0.15, 0.2) is 30.7 Å². The van der Waals surface area contributed by atoms with Gasteiger partial charge < -0.3 is 9.47 Å². The largest absolute Gasteiger partial charge is 0.351 e. The number of rotatable bonds is 6. The summed E-state index contributed by atoms with van der Waals surface area (Å²) in [6.45, 7) is 6.09. The van der Waals surface area contributed by atoms with Crippen molar-refractivity contribution in [2.45, 2.75) is 38.9 Å². The number of imidazole rings is 1. The van der Waals surface area contributed by atoms with Gasteiger partial charge in [0.1, 0.15) is 5.82 Å². The summed E-state index contributed by atoms with van der Waals surface area (Å²) in [5.41, 5.74) is 0. The summed E-state index contributed by atoms with van der Waals surface area (Å²) in [5.74, 6) is 2.13. The highest BCUT2D eigenvalue weighted by Gasteiger charge is 2.27. The van der Waals surface area contributed by atoms with Gasteiger partial charge in [-0.3, -0.25) is 4.90 Å². The number of hydrogen-bond acceptors (Lipinski definition) is 5. The summed E-state index contributed by atoms with van der Waals surface area (Å²) >= 11 is 0. The van der Waals surface area contributed by atoms with Gasteiger partial charge in [-0.15, -0.1) is 5.10 Å². The Bertz CT molecular complexity index is 581. The van der Waals surface area contributed by atoms with Gasteiger partial charge in [-0.2, -0.15) is 5.10 Å². The lowest BCUT2D eigenvalue weighted by Crippen LogP contribution is -2.39. The van der Waals surface area contributed by atoms with E-state index in [1.165, 1.54) is 12.8 Å². The second-order valence-corrected chi connectivity index (χ2v) is 5.90. The fourth-order valence-corrected chi connectivity index (χ4v) is 3.22. The van der Waals surface area contributed by atoms with Crippen LogP contribution in [0, 0.1) is 0 Å². The van der Waals surface area contributed by atoms with E-state index in [-0.39, 0.29) is 0 Å². The maximum atomic E-state index is 4.46. The van der Waals surface area contributed by atoms with Crippen LogP contribution in [0.4, 0.5) is 5.82 Å². The normalized spacial score (nSPS) is 18.3. The van der Waals surface area contributed by atoms with E-state index in [4.69, 9.17) is 0 Å². The smallest absolute Gasteiger partial charge is 0.151 e. The molecule has 1 atom stereocenters. The summed E-state index contributed by atoms with van der Waals surface area (Å²) < 4.78 is 2.20. The highest BCUT2D eigenvalue weighted by Crippen LogP contribution is 2.23. The Morgan fingerprint density at radius 2 is 2.27 bits per heavy atom. The lowest BCUT2D eigenvalue weighted by molar-refractivity contribution is 0.291. The van der Waals surface area contributed by atoms with E-state index in [0.717, 1.165) is 37.8 Å². The van der Waals surface area contributed by atoms with Crippen molar-refractivity contribution in [3.63, 3.8) is 0 Å². The molecule has 6 nitrogen and oxygen atoms in total. The van der Waals surface area contributed by atoms with Gasteiger partial charge in [-0.05, 0) is 38.9 Å². The molecule has 118 valence electrons. The third-order valence-corrected chi connectivity index (χ3v) is 4.31. The molecular weight excluding hydrogens is 276 g/mol. The minimum Gasteiger partial charge on any atom is -0.351 e. The van der Waals surface area contributed by atoms with Crippen molar-refractivity contribution in [2.24, 2.45) is 0 Å². The van der Waals surface area contributed by atoms with Crippen LogP contribution < -0.4 is 4.90 Å². The molecule has 0 amide bonds. The van der Waals surface area contributed by atoms with Crippen LogP contribution in [0.1, 0.15) is 25.6 Å². The van der Waals surface area contributed by atoms with E-state index in [1.807, 2.05) is 18.5 Å². The zero-order chi connectivity index (χ0) is 15.4. The lowest BCUT2D eigenvalue weighted by atomic mass is 10.2. The van der Waals surface area contributed by atoms with Gasteiger partial charge in [0.15, 0.2) is 5.82 Å². The first-order valence-corrected chi connectivity index (χ1v) is 8.01. The predicted molar refractivity (Wildman–Crippen MR) is 86.6 cm³/mol. The quantitative estimate of drug-likeness (QED) is 0.814. The minimum absolute atomic E-state index is 0.506. The monoisotopic (exact) mass is 300 g/mol. The van der Waals surface area contributed by atoms with Crippen LogP contribution in [0.25, 0.3) is 0 Å². The van der Waals surface area contributed by atoms with Gasteiger partial charge >= 0.3 is 0 Å². The highest BCUT2D eigenvalue weighted by atomic mass is 15.3. The summed E-state index contributed by atoms with van der Waals surface area (Å²) in [6.07, 6.45) is 8.09. The van der Waals surface area contributed by atoms with Gasteiger partial charge in [0.05, 0.1) is 6.54 Å². The van der Waals surface area contributed by atoms with Crippen molar-refractivity contribution in [2.75, 3.05) is 25.0 Å². The first-order chi connectivity index (χ1) is 10.8. The van der Waals surface area contributed by atoms with E-state index in [1.54, 1.807) is 6.20 Å². The molecule has 1 saturated heterocycles. The maximum absolute atomic E-state index is 4.46. The molecular formula is C16H24N6. The number of hydrogen-bond donors (Lipinski definition) is 0. The summed E-state index contributed by atoms with van der Waals surface area (Å²) in [7, 11) is 2.17. The molecule has 1 fully saturated rings. The van der Waals surface area contributed by atoms with Crippen LogP contribution in [-0.4, -0.2) is 50.8 Å². The van der Waals surface area contributed by atoms with E-state index in [0.29, 0.717) is 6.04 Å². The molecule has 1 aliphatic rings. The zero-order valence-corrected chi connectivity index (χ0v) is 13.4. The number of aryl methyl sites for hydroxylation is 1. The molecule has 3 rings (SSSR count). The van der Waals surface area contributed by atoms with E-state index in [9.17, 15) is 0 Å². The average molecular weight is 300 g/mol. The molecule has 0 aromatic carbocycles. The van der Waals surface area contributed by atoms with Crippen molar-refractivity contribution < 1.29 is 0 Å². The third kappa shape index (κ3) is 3.27. The van der Waals surface area contributed by atoms with Crippen molar-refractivity contribution >= 4 is 5.82 Å². The van der Waals surface area contributed by atoms with E-state index in [2.05, 4.69) is 49.6 Å². The Labute approximate surface area is 131 Å². The molecule has 6 heteroatoms. The fourth-order valence-electron chi connectivity index (χ4n) is 3.22. The Morgan fingerprint density at radius 3 is 3.05 bits per heavy atom. The van der Waals surface area contributed by atoms with Gasteiger partial charge in [-0.25, -0.2) is 4.98 Å². The molecule has 0 aliphatic carbocycles. The van der Waals surface area contributed by atoms with Gasteiger partial charge in [0.25, 0.3) is 0 Å². The van der Waals surface area contributed by atoms with Crippen molar-refractivity contribution in [1.29, 1.82) is 0 Å². The predicted octanol–water partition coefficient (Wildman–Crippen LogP) is 1.79. The molecule has 0 unspecified atom stereocenters. The molecule has 0 radical (unpaired) electrons. The Morgan fingerprint density at radius 1 is 1.36 bits per heavy atom. The molecule has 1 aliphatic heterocycles. The standard InChI is InChI=1S/C16H24N6/c1-3-21-11-9-17-16(21)13-20(2)12-14-6-5-10-22(14)15-7-4-8-18-19-15/h4,7-9,11,14H,3,5-6,10,12-13H2,1-2H3/t14-/m1/s1. The van der Waals surface area contributed by atoms with E-state index < -0.39 is 0 Å². The minimum atomic E-state index is 0.506. The summed E-state index contributed by atoms with van der Waals surface area (Å²) in [6, 6.07) is 4.51. The van der Waals surface area contributed by atoms with Gasteiger partial charge in [0.2, 0.25) is 0 Å². The summed E-state index contributed by atoms with van der Waals surface area (Å²) in [4.78, 5) is 9.20. The van der Waals surface area contributed by atoms with Crippen molar-refractivity contribution in [3.05, 3.63) is 36.5 Å². The van der Waals surface area contributed by atoms with Crippen LogP contribution in [0.2, 0.25) is 0 Å². The third-order valence-electron chi connectivity index (χ3n) is 4.31. The highest BCUT2D eigenvalue weighted by molar-refractivity contribution is 5.39. The Balaban J connectivity index is 1.62. The van der Waals surface area contributed by atoms with Gasteiger partial charge in [0, 0.05) is 44.3 Å². The second-order valence-electron chi connectivity index (χ2n) is 5.90. The fraction of sp³-hybridized carbons (Fsp3) is 0.562. The number of nitrogens with zero attached hydrogens (tertiary/aromatic N) is 6. The molecule has 0 saturated carbocycles. The maximum Gasteiger partial charge on any atom is 0.151 e. The zero-order valence-electron chi connectivity index (χ0n) is 13.4. The van der Waals surface area contributed by atoms with Crippen LogP contribution in [0.5, 0.6) is 0 Å². The molecule has 0 N–H and O–H groups in total. The summed E-state index contributed by atoms with van der Waals surface area (Å²) in [5, 5.41) is 8.27. The van der Waals surface area contributed by atoms with Crippen LogP contribution in [0.3, 0.4) is 0 Å². The lowest BCUT2D eigenvalue weighted by Gasteiger charge is -2.29. The SMILES string of the molecule is CCn1ccnc1CN(C)C[C@H]1CCCN1c1cccnn1. The molecule has 3 heterocycles. The molecule has 0 spiro atoms. The molecule has 22 heavy (non-hydrogen) atoms. The first kappa shape index (κ1) is 15.0. The number of anilines is 1. The molecule has 0 bridgehead atoms. The number of aromatic nitrogens is 4. The average Bonchev–Trinajstić information content (AvgIpc) is 3.17. The van der Waals surface area contributed by atoms with Crippen molar-refractivity contribution in [1.82, 2.24) is 24.6 Å². The Hall–Kier alpha value is -1.95. The topological polar surface area (TPSA) is 50.1 Å². The molecule has 2 aromatic rings. The van der Waals surface area contributed by atoms with E-state index >= 15 is 0 Å². The molecule has 2 aromatic heterocycles. The Kier molecular flexibility index (Phi) is 4.68.